The second kappa shape index (κ2) is 4.82. The summed E-state index contributed by atoms with van der Waals surface area (Å²) in [6, 6.07) is 2.43. The Morgan fingerprint density at radius 2 is 2.24 bits per heavy atom. The number of hydrogen-bond donors (Lipinski definition) is 1. The normalized spacial score (nSPS) is 16.6. The number of carboxylic acids is 1. The molecule has 0 bridgehead atoms. The Kier molecular flexibility index (Phi) is 3.58. The van der Waals surface area contributed by atoms with Crippen LogP contribution < -0.4 is 4.74 Å². The molecule has 6 heteroatoms. The van der Waals surface area contributed by atoms with Crippen LogP contribution in [-0.2, 0) is 4.79 Å². The van der Waals surface area contributed by atoms with E-state index in [0.717, 1.165) is 18.9 Å². The van der Waals surface area contributed by atoms with Gasteiger partial charge in [0.15, 0.2) is 6.10 Å². The molecule has 1 aliphatic carbocycles. The second-order valence-corrected chi connectivity index (χ2v) is 5.17. The third-order valence-electron chi connectivity index (χ3n) is 2.52. The molecule has 0 heterocycles. The molecule has 1 aromatic rings. The van der Waals surface area contributed by atoms with Crippen molar-refractivity contribution in [3.8, 4) is 5.75 Å². The zero-order valence-electron chi connectivity index (χ0n) is 8.62. The summed E-state index contributed by atoms with van der Waals surface area (Å²) in [6.45, 7) is 0. The van der Waals surface area contributed by atoms with E-state index < -0.39 is 17.9 Å². The van der Waals surface area contributed by atoms with E-state index in [0.29, 0.717) is 4.47 Å². The summed E-state index contributed by atoms with van der Waals surface area (Å²) in [5.41, 5.74) is 0. The van der Waals surface area contributed by atoms with Gasteiger partial charge in [0, 0.05) is 12.0 Å². The van der Waals surface area contributed by atoms with Gasteiger partial charge in [-0.2, -0.15) is 0 Å². The summed E-state index contributed by atoms with van der Waals surface area (Å²) < 4.78 is 19.0. The Morgan fingerprint density at radius 3 is 2.76 bits per heavy atom. The van der Waals surface area contributed by atoms with Crippen LogP contribution in [0.3, 0.4) is 0 Å². The molecule has 1 aliphatic rings. The highest BCUT2D eigenvalue weighted by Crippen LogP contribution is 2.38. The van der Waals surface area contributed by atoms with Crippen molar-refractivity contribution in [3.05, 3.63) is 27.4 Å². The van der Waals surface area contributed by atoms with Crippen LogP contribution in [0.25, 0.3) is 0 Å². The number of benzene rings is 1. The van der Waals surface area contributed by atoms with E-state index in [1.54, 1.807) is 0 Å². The Balaban J connectivity index is 2.22. The Bertz CT molecular complexity index is 462. The smallest absolute Gasteiger partial charge is 0.345 e. The fourth-order valence-corrected chi connectivity index (χ4v) is 2.21. The lowest BCUT2D eigenvalue weighted by atomic mass is 10.2. The number of halogens is 3. The monoisotopic (exact) mass is 322 g/mol. The van der Waals surface area contributed by atoms with Gasteiger partial charge in [0.05, 0.1) is 9.50 Å². The molecule has 0 aliphatic heterocycles. The van der Waals surface area contributed by atoms with Gasteiger partial charge in [0.2, 0.25) is 0 Å². The van der Waals surface area contributed by atoms with Crippen molar-refractivity contribution in [2.75, 3.05) is 0 Å². The minimum atomic E-state index is -1.03. The first-order valence-electron chi connectivity index (χ1n) is 5.03. The van der Waals surface area contributed by atoms with Crippen molar-refractivity contribution in [1.29, 1.82) is 0 Å². The highest BCUT2D eigenvalue weighted by Gasteiger charge is 2.38. The van der Waals surface area contributed by atoms with Gasteiger partial charge in [0.1, 0.15) is 11.6 Å². The van der Waals surface area contributed by atoms with Gasteiger partial charge in [-0.1, -0.05) is 11.6 Å². The Morgan fingerprint density at radius 1 is 1.59 bits per heavy atom. The molecule has 1 unspecified atom stereocenters. The molecular weight excluding hydrogens is 314 g/mol. The van der Waals surface area contributed by atoms with Gasteiger partial charge in [-0.3, -0.25) is 0 Å². The summed E-state index contributed by atoms with van der Waals surface area (Å²) in [5.74, 6) is -1.50. The Labute approximate surface area is 111 Å². The summed E-state index contributed by atoms with van der Waals surface area (Å²) in [7, 11) is 0. The quantitative estimate of drug-likeness (QED) is 0.863. The van der Waals surface area contributed by atoms with Crippen molar-refractivity contribution in [1.82, 2.24) is 0 Å². The van der Waals surface area contributed by atoms with Crippen LogP contribution in [0.2, 0.25) is 5.02 Å². The third-order valence-corrected chi connectivity index (χ3v) is 3.43. The van der Waals surface area contributed by atoms with Crippen molar-refractivity contribution in [2.45, 2.75) is 18.9 Å². The minimum absolute atomic E-state index is 0.0122. The molecule has 2 rings (SSSR count). The van der Waals surface area contributed by atoms with Gasteiger partial charge in [-0.05, 0) is 34.8 Å². The van der Waals surface area contributed by atoms with Crippen LogP contribution in [0.1, 0.15) is 12.8 Å². The number of ether oxygens (including phenoxy) is 1. The number of aliphatic carboxylic acids is 1. The predicted octanol–water partition coefficient (Wildman–Crippen LogP) is 3.48. The lowest BCUT2D eigenvalue weighted by molar-refractivity contribution is -0.146. The standard InChI is InChI=1S/C11H9BrClFO3/c12-6-3-7(13)8(14)4-9(6)17-10(11(15)16)5-1-2-5/h3-5,10H,1-2H2,(H,15,16). The predicted molar refractivity (Wildman–Crippen MR) is 63.9 cm³/mol. The molecule has 0 aromatic heterocycles. The van der Waals surface area contributed by atoms with Crippen LogP contribution in [0.15, 0.2) is 16.6 Å². The van der Waals surface area contributed by atoms with E-state index in [2.05, 4.69) is 15.9 Å². The van der Waals surface area contributed by atoms with E-state index in [9.17, 15) is 9.18 Å². The lowest BCUT2D eigenvalue weighted by Gasteiger charge is -2.15. The summed E-state index contributed by atoms with van der Waals surface area (Å²) in [4.78, 5) is 11.0. The molecule has 0 spiro atoms. The van der Waals surface area contributed by atoms with Crippen molar-refractivity contribution in [2.24, 2.45) is 5.92 Å². The van der Waals surface area contributed by atoms with Crippen molar-refractivity contribution in [3.63, 3.8) is 0 Å². The Hall–Kier alpha value is -0.810. The first kappa shape index (κ1) is 12.6. The van der Waals surface area contributed by atoms with E-state index in [1.165, 1.54) is 6.07 Å². The zero-order valence-corrected chi connectivity index (χ0v) is 11.0. The molecule has 1 atom stereocenters. The molecule has 0 amide bonds. The number of rotatable bonds is 4. The van der Waals surface area contributed by atoms with Crippen LogP contribution in [0.5, 0.6) is 5.75 Å². The molecule has 1 N–H and O–H groups in total. The van der Waals surface area contributed by atoms with Crippen LogP contribution >= 0.6 is 27.5 Å². The molecular formula is C11H9BrClFO3. The lowest BCUT2D eigenvalue weighted by Crippen LogP contribution is -2.29. The van der Waals surface area contributed by atoms with Gasteiger partial charge < -0.3 is 9.84 Å². The molecule has 3 nitrogen and oxygen atoms in total. The zero-order chi connectivity index (χ0) is 12.6. The largest absolute Gasteiger partial charge is 0.478 e. The first-order chi connectivity index (χ1) is 7.99. The number of carbonyl (C=O) groups is 1. The van der Waals surface area contributed by atoms with Gasteiger partial charge in [0.25, 0.3) is 0 Å². The SMILES string of the molecule is O=C(O)C(Oc1cc(F)c(Cl)cc1Br)C1CC1. The van der Waals surface area contributed by atoms with Crippen LogP contribution in [0, 0.1) is 11.7 Å². The van der Waals surface area contributed by atoms with E-state index in [4.69, 9.17) is 21.4 Å². The molecule has 0 saturated heterocycles. The topological polar surface area (TPSA) is 46.5 Å². The molecule has 92 valence electrons. The maximum atomic E-state index is 13.2. The molecule has 1 fully saturated rings. The average molecular weight is 324 g/mol. The van der Waals surface area contributed by atoms with Crippen LogP contribution in [0.4, 0.5) is 4.39 Å². The fraction of sp³-hybridized carbons (Fsp3) is 0.364. The van der Waals surface area contributed by atoms with Crippen molar-refractivity contribution >= 4 is 33.5 Å². The first-order valence-corrected chi connectivity index (χ1v) is 6.20. The molecule has 1 saturated carbocycles. The minimum Gasteiger partial charge on any atom is -0.478 e. The van der Waals surface area contributed by atoms with Gasteiger partial charge >= 0.3 is 5.97 Å². The van der Waals surface area contributed by atoms with Crippen LogP contribution in [-0.4, -0.2) is 17.2 Å². The molecule has 1 aromatic carbocycles. The van der Waals surface area contributed by atoms with Gasteiger partial charge in [-0.15, -0.1) is 0 Å². The van der Waals surface area contributed by atoms with E-state index in [-0.39, 0.29) is 16.7 Å². The number of carboxylic acid groups (broad SMARTS) is 1. The van der Waals surface area contributed by atoms with E-state index >= 15 is 0 Å². The van der Waals surface area contributed by atoms with Crippen molar-refractivity contribution < 1.29 is 19.0 Å². The summed E-state index contributed by atoms with van der Waals surface area (Å²) in [5, 5.41) is 8.96. The average Bonchev–Trinajstić information content (AvgIpc) is 3.04. The third kappa shape index (κ3) is 2.90. The number of hydrogen-bond acceptors (Lipinski definition) is 2. The second-order valence-electron chi connectivity index (χ2n) is 3.91. The van der Waals surface area contributed by atoms with Gasteiger partial charge in [-0.25, -0.2) is 9.18 Å². The maximum Gasteiger partial charge on any atom is 0.345 e. The summed E-state index contributed by atoms with van der Waals surface area (Å²) >= 11 is 8.74. The van der Waals surface area contributed by atoms with E-state index in [1.807, 2.05) is 0 Å². The highest BCUT2D eigenvalue weighted by molar-refractivity contribution is 9.10. The fourth-order valence-electron chi connectivity index (χ4n) is 1.48. The molecule has 0 radical (unpaired) electrons. The summed E-state index contributed by atoms with van der Waals surface area (Å²) in [6.07, 6.45) is 0.724. The maximum absolute atomic E-state index is 13.2. The highest BCUT2D eigenvalue weighted by atomic mass is 79.9. The molecule has 17 heavy (non-hydrogen) atoms.